The molecule has 0 bridgehead atoms. The molecular formula is C14H20N2O. The predicted molar refractivity (Wildman–Crippen MR) is 68.6 cm³/mol. The van der Waals surface area contributed by atoms with E-state index >= 15 is 0 Å². The van der Waals surface area contributed by atoms with Crippen LogP contribution in [0.15, 0.2) is 18.2 Å². The minimum absolute atomic E-state index is 0.142. The number of carbonyl (C=O) groups excluding carboxylic acids is 1. The molecule has 0 unspecified atom stereocenters. The second kappa shape index (κ2) is 5.32. The van der Waals surface area contributed by atoms with Gasteiger partial charge in [-0.25, -0.2) is 0 Å². The highest BCUT2D eigenvalue weighted by Crippen LogP contribution is 2.20. The first kappa shape index (κ1) is 12.1. The van der Waals surface area contributed by atoms with Crippen molar-refractivity contribution in [3.8, 4) is 0 Å². The molecule has 1 aliphatic rings. The second-order valence-corrected chi connectivity index (χ2v) is 4.88. The lowest BCUT2D eigenvalue weighted by atomic mass is 9.99. The number of nitrogens with one attached hydrogen (secondary N) is 2. The highest BCUT2D eigenvalue weighted by atomic mass is 16.1. The molecule has 0 saturated carbocycles. The molecule has 0 radical (unpaired) electrons. The zero-order valence-corrected chi connectivity index (χ0v) is 10.5. The topological polar surface area (TPSA) is 41.1 Å². The molecule has 1 heterocycles. The molecule has 0 fully saturated rings. The predicted octanol–water partition coefficient (Wildman–Crippen LogP) is 1.75. The zero-order valence-electron chi connectivity index (χ0n) is 10.5. The highest BCUT2D eigenvalue weighted by molar-refractivity contribution is 5.76. The van der Waals surface area contributed by atoms with Gasteiger partial charge in [-0.2, -0.15) is 0 Å². The summed E-state index contributed by atoms with van der Waals surface area (Å²) in [5.41, 5.74) is 4.09. The van der Waals surface area contributed by atoms with Crippen molar-refractivity contribution in [1.82, 2.24) is 10.6 Å². The van der Waals surface area contributed by atoms with Crippen molar-refractivity contribution in [3.63, 3.8) is 0 Å². The molecular weight excluding hydrogens is 212 g/mol. The van der Waals surface area contributed by atoms with E-state index < -0.39 is 0 Å². The lowest BCUT2D eigenvalue weighted by Gasteiger charge is -2.10. The van der Waals surface area contributed by atoms with Crippen molar-refractivity contribution >= 4 is 5.91 Å². The molecule has 17 heavy (non-hydrogen) atoms. The molecule has 1 aliphatic heterocycles. The van der Waals surface area contributed by atoms with Crippen molar-refractivity contribution in [3.05, 3.63) is 34.9 Å². The Labute approximate surface area is 103 Å². The SMILES string of the molecule is CC(C)NC(=O)CCc1cccc2c1CNC2. The Kier molecular flexibility index (Phi) is 3.79. The first-order chi connectivity index (χ1) is 8.16. The number of aryl methyl sites for hydroxylation is 1. The summed E-state index contributed by atoms with van der Waals surface area (Å²) in [6.07, 6.45) is 1.41. The van der Waals surface area contributed by atoms with Crippen LogP contribution in [-0.4, -0.2) is 11.9 Å². The van der Waals surface area contributed by atoms with E-state index in [1.807, 2.05) is 13.8 Å². The van der Waals surface area contributed by atoms with Crippen LogP contribution in [0, 0.1) is 0 Å². The number of fused-ring (bicyclic) bond motifs is 1. The van der Waals surface area contributed by atoms with Crippen molar-refractivity contribution in [2.24, 2.45) is 0 Å². The maximum absolute atomic E-state index is 11.6. The van der Waals surface area contributed by atoms with E-state index in [1.165, 1.54) is 16.7 Å². The van der Waals surface area contributed by atoms with Gasteiger partial charge in [0.1, 0.15) is 0 Å². The van der Waals surface area contributed by atoms with Gasteiger partial charge in [0.2, 0.25) is 5.91 Å². The third-order valence-corrected chi connectivity index (χ3v) is 3.06. The van der Waals surface area contributed by atoms with E-state index in [2.05, 4.69) is 28.8 Å². The van der Waals surface area contributed by atoms with Gasteiger partial charge in [-0.3, -0.25) is 4.79 Å². The summed E-state index contributed by atoms with van der Waals surface area (Å²) in [5.74, 6) is 0.142. The highest BCUT2D eigenvalue weighted by Gasteiger charge is 2.14. The maximum Gasteiger partial charge on any atom is 0.220 e. The summed E-state index contributed by atoms with van der Waals surface area (Å²) in [6, 6.07) is 6.61. The summed E-state index contributed by atoms with van der Waals surface area (Å²) in [6.45, 7) is 5.88. The molecule has 0 spiro atoms. The number of hydrogen-bond acceptors (Lipinski definition) is 2. The summed E-state index contributed by atoms with van der Waals surface area (Å²) in [4.78, 5) is 11.6. The minimum Gasteiger partial charge on any atom is -0.354 e. The third kappa shape index (κ3) is 3.07. The molecule has 1 aromatic carbocycles. The Balaban J connectivity index is 1.96. The molecule has 0 atom stereocenters. The van der Waals surface area contributed by atoms with E-state index in [4.69, 9.17) is 0 Å². The van der Waals surface area contributed by atoms with Crippen LogP contribution in [0.5, 0.6) is 0 Å². The van der Waals surface area contributed by atoms with Crippen LogP contribution in [-0.2, 0) is 24.3 Å². The Morgan fingerprint density at radius 3 is 3.00 bits per heavy atom. The number of benzene rings is 1. The van der Waals surface area contributed by atoms with E-state index in [0.29, 0.717) is 6.42 Å². The first-order valence-corrected chi connectivity index (χ1v) is 6.26. The molecule has 1 aromatic rings. The number of rotatable bonds is 4. The fourth-order valence-electron chi connectivity index (χ4n) is 2.28. The minimum atomic E-state index is 0.142. The third-order valence-electron chi connectivity index (χ3n) is 3.06. The van der Waals surface area contributed by atoms with Gasteiger partial charge in [0, 0.05) is 25.6 Å². The lowest BCUT2D eigenvalue weighted by molar-refractivity contribution is -0.121. The fraction of sp³-hybridized carbons (Fsp3) is 0.500. The Morgan fingerprint density at radius 1 is 1.41 bits per heavy atom. The summed E-state index contributed by atoms with van der Waals surface area (Å²) in [5, 5.41) is 6.27. The Bertz CT molecular complexity index is 413. The fourth-order valence-corrected chi connectivity index (χ4v) is 2.28. The number of hydrogen-bond donors (Lipinski definition) is 2. The van der Waals surface area contributed by atoms with Gasteiger partial charge >= 0.3 is 0 Å². The van der Waals surface area contributed by atoms with Gasteiger partial charge in [-0.05, 0) is 37.0 Å². The quantitative estimate of drug-likeness (QED) is 0.830. The standard InChI is InChI=1S/C14H20N2O/c1-10(2)16-14(17)7-6-11-4-3-5-12-8-15-9-13(11)12/h3-5,10,15H,6-9H2,1-2H3,(H,16,17). The van der Waals surface area contributed by atoms with Gasteiger partial charge in [-0.15, -0.1) is 0 Å². The summed E-state index contributed by atoms with van der Waals surface area (Å²) >= 11 is 0. The maximum atomic E-state index is 11.6. The molecule has 3 heteroatoms. The van der Waals surface area contributed by atoms with Crippen LogP contribution in [0.1, 0.15) is 37.0 Å². The normalized spacial score (nSPS) is 13.8. The van der Waals surface area contributed by atoms with Gasteiger partial charge in [0.25, 0.3) is 0 Å². The van der Waals surface area contributed by atoms with Gasteiger partial charge < -0.3 is 10.6 Å². The van der Waals surface area contributed by atoms with E-state index in [0.717, 1.165) is 19.5 Å². The monoisotopic (exact) mass is 232 g/mol. The van der Waals surface area contributed by atoms with Gasteiger partial charge in [-0.1, -0.05) is 18.2 Å². The Morgan fingerprint density at radius 2 is 2.24 bits per heavy atom. The molecule has 1 amide bonds. The Hall–Kier alpha value is -1.35. The van der Waals surface area contributed by atoms with Gasteiger partial charge in [0.15, 0.2) is 0 Å². The zero-order chi connectivity index (χ0) is 12.3. The number of carbonyl (C=O) groups is 1. The van der Waals surface area contributed by atoms with Crippen molar-refractivity contribution in [1.29, 1.82) is 0 Å². The molecule has 2 N–H and O–H groups in total. The van der Waals surface area contributed by atoms with Crippen LogP contribution in [0.4, 0.5) is 0 Å². The average molecular weight is 232 g/mol. The first-order valence-electron chi connectivity index (χ1n) is 6.26. The van der Waals surface area contributed by atoms with Gasteiger partial charge in [0.05, 0.1) is 0 Å². The molecule has 0 aromatic heterocycles. The van der Waals surface area contributed by atoms with E-state index in [1.54, 1.807) is 0 Å². The molecule has 2 rings (SSSR count). The summed E-state index contributed by atoms with van der Waals surface area (Å²) < 4.78 is 0. The molecule has 3 nitrogen and oxygen atoms in total. The van der Waals surface area contributed by atoms with Crippen LogP contribution in [0.2, 0.25) is 0 Å². The molecule has 92 valence electrons. The average Bonchev–Trinajstić information content (AvgIpc) is 2.73. The smallest absolute Gasteiger partial charge is 0.220 e. The van der Waals surface area contributed by atoms with Crippen LogP contribution >= 0.6 is 0 Å². The molecule has 0 aliphatic carbocycles. The number of amides is 1. The second-order valence-electron chi connectivity index (χ2n) is 4.88. The lowest BCUT2D eigenvalue weighted by Crippen LogP contribution is -2.30. The van der Waals surface area contributed by atoms with E-state index in [-0.39, 0.29) is 11.9 Å². The van der Waals surface area contributed by atoms with E-state index in [9.17, 15) is 4.79 Å². The van der Waals surface area contributed by atoms with Crippen LogP contribution in [0.25, 0.3) is 0 Å². The van der Waals surface area contributed by atoms with Crippen molar-refractivity contribution < 1.29 is 4.79 Å². The largest absolute Gasteiger partial charge is 0.354 e. The summed E-state index contributed by atoms with van der Waals surface area (Å²) in [7, 11) is 0. The molecule has 0 saturated heterocycles. The van der Waals surface area contributed by atoms with Crippen LogP contribution < -0.4 is 10.6 Å². The van der Waals surface area contributed by atoms with Crippen molar-refractivity contribution in [2.45, 2.75) is 45.8 Å². The van der Waals surface area contributed by atoms with Crippen molar-refractivity contribution in [2.75, 3.05) is 0 Å². The van der Waals surface area contributed by atoms with Crippen LogP contribution in [0.3, 0.4) is 0 Å².